The Morgan fingerprint density at radius 1 is 1.00 bits per heavy atom. The first-order valence-electron chi connectivity index (χ1n) is 12.9. The van der Waals surface area contributed by atoms with Crippen molar-refractivity contribution in [3.8, 4) is 11.3 Å². The fraction of sp³-hybridized carbons (Fsp3) is 0.345. The van der Waals surface area contributed by atoms with Gasteiger partial charge in [-0.25, -0.2) is 27.2 Å². The maximum atomic E-state index is 13.8. The molecule has 10 heteroatoms. The highest BCUT2D eigenvalue weighted by Crippen LogP contribution is 2.35. The molecule has 2 aromatic carbocycles. The van der Waals surface area contributed by atoms with Crippen molar-refractivity contribution >= 4 is 38.8 Å². The first-order chi connectivity index (χ1) is 18.4. The second-order valence-electron chi connectivity index (χ2n) is 10.9. The molecule has 0 radical (unpaired) electrons. The molecule has 1 aliphatic heterocycles. The number of hydrogen-bond acceptors (Lipinski definition) is 6. The number of likely N-dealkylation sites (tertiary alicyclic amines) is 1. The lowest BCUT2D eigenvalue weighted by Crippen LogP contribution is -2.41. The average molecular weight is 567 g/mol. The summed E-state index contributed by atoms with van der Waals surface area (Å²) >= 11 is 6.35. The summed E-state index contributed by atoms with van der Waals surface area (Å²) in [5.74, 6) is 0.292. The zero-order chi connectivity index (χ0) is 27.9. The third kappa shape index (κ3) is 5.51. The summed E-state index contributed by atoms with van der Waals surface area (Å²) in [7, 11) is -3.97. The molecule has 0 saturated carbocycles. The summed E-state index contributed by atoms with van der Waals surface area (Å²) in [6.45, 7) is 8.76. The molecule has 4 aromatic rings. The van der Waals surface area contributed by atoms with Gasteiger partial charge in [-0.05, 0) is 75.8 Å². The van der Waals surface area contributed by atoms with E-state index in [0.29, 0.717) is 30.1 Å². The molecule has 1 amide bonds. The maximum Gasteiger partial charge on any atom is 0.410 e. The Morgan fingerprint density at radius 2 is 1.64 bits per heavy atom. The molecule has 3 heterocycles. The van der Waals surface area contributed by atoms with Crippen molar-refractivity contribution in [3.63, 3.8) is 0 Å². The lowest BCUT2D eigenvalue weighted by atomic mass is 9.89. The molecule has 8 nitrogen and oxygen atoms in total. The van der Waals surface area contributed by atoms with Gasteiger partial charge < -0.3 is 9.64 Å². The molecule has 1 aliphatic rings. The van der Waals surface area contributed by atoms with E-state index in [-0.39, 0.29) is 21.8 Å². The van der Waals surface area contributed by atoms with Crippen LogP contribution in [0.25, 0.3) is 22.3 Å². The quantitative estimate of drug-likeness (QED) is 0.265. The van der Waals surface area contributed by atoms with Crippen molar-refractivity contribution in [2.24, 2.45) is 0 Å². The predicted molar refractivity (Wildman–Crippen MR) is 152 cm³/mol. The Kier molecular flexibility index (Phi) is 7.15. The van der Waals surface area contributed by atoms with Gasteiger partial charge in [0.25, 0.3) is 10.0 Å². The number of rotatable bonds is 4. The normalized spacial score (nSPS) is 15.1. The number of amides is 1. The Labute approximate surface area is 233 Å². The minimum atomic E-state index is -3.97. The molecular weight excluding hydrogens is 536 g/mol. The molecule has 204 valence electrons. The zero-order valence-electron chi connectivity index (χ0n) is 22.4. The molecular formula is C29H31ClN4O4S. The van der Waals surface area contributed by atoms with Crippen LogP contribution < -0.4 is 0 Å². The Bertz CT molecular complexity index is 1620. The van der Waals surface area contributed by atoms with Crippen LogP contribution >= 0.6 is 11.6 Å². The highest BCUT2D eigenvalue weighted by molar-refractivity contribution is 7.90. The van der Waals surface area contributed by atoms with E-state index in [0.717, 1.165) is 29.5 Å². The van der Waals surface area contributed by atoms with Gasteiger partial charge in [0.05, 0.1) is 16.0 Å². The molecule has 1 saturated heterocycles. The standard InChI is InChI=1S/C29H31ClN4O4S/c1-19-5-11-23(12-6-19)39(36,37)34-25(17-24-26(30)31-18-32-27(24)34)22-9-7-20(8-10-22)21-13-15-33(16-14-21)28(35)38-29(2,3)4/h5-12,17-18,21H,13-16H2,1-4H3. The van der Waals surface area contributed by atoms with Crippen LogP contribution in [0.3, 0.4) is 0 Å². The van der Waals surface area contributed by atoms with Crippen molar-refractivity contribution < 1.29 is 17.9 Å². The summed E-state index contributed by atoms with van der Waals surface area (Å²) in [6.07, 6.45) is 2.64. The van der Waals surface area contributed by atoms with Crippen molar-refractivity contribution in [3.05, 3.63) is 77.2 Å². The number of fused-ring (bicyclic) bond motifs is 1. The van der Waals surface area contributed by atoms with Crippen molar-refractivity contribution in [2.75, 3.05) is 13.1 Å². The van der Waals surface area contributed by atoms with E-state index in [9.17, 15) is 13.2 Å². The molecule has 5 rings (SSSR count). The molecule has 1 fully saturated rings. The average Bonchev–Trinajstić information content (AvgIpc) is 3.30. The summed E-state index contributed by atoms with van der Waals surface area (Å²) < 4.78 is 34.4. The number of halogens is 1. The lowest BCUT2D eigenvalue weighted by Gasteiger charge is -2.33. The number of benzene rings is 2. The van der Waals surface area contributed by atoms with E-state index >= 15 is 0 Å². The van der Waals surface area contributed by atoms with E-state index < -0.39 is 15.6 Å². The topological polar surface area (TPSA) is 94.4 Å². The monoisotopic (exact) mass is 566 g/mol. The minimum absolute atomic E-state index is 0.162. The van der Waals surface area contributed by atoms with Gasteiger partial charge in [0.1, 0.15) is 17.1 Å². The summed E-state index contributed by atoms with van der Waals surface area (Å²) in [6, 6.07) is 16.3. The van der Waals surface area contributed by atoms with Crippen LogP contribution in [0, 0.1) is 6.92 Å². The van der Waals surface area contributed by atoms with E-state index in [2.05, 4.69) is 9.97 Å². The second kappa shape index (κ2) is 10.3. The summed E-state index contributed by atoms with van der Waals surface area (Å²) in [5.41, 5.74) is 2.99. The Morgan fingerprint density at radius 3 is 2.26 bits per heavy atom. The number of piperidine rings is 1. The molecule has 2 aromatic heterocycles. The SMILES string of the molecule is Cc1ccc(S(=O)(=O)n2c(-c3ccc(C4CCN(C(=O)OC(C)(C)C)CC4)cc3)cc3c(Cl)ncnc32)cc1. The highest BCUT2D eigenvalue weighted by atomic mass is 35.5. The second-order valence-corrected chi connectivity index (χ2v) is 13.0. The van der Waals surface area contributed by atoms with Gasteiger partial charge in [-0.15, -0.1) is 0 Å². The smallest absolute Gasteiger partial charge is 0.410 e. The van der Waals surface area contributed by atoms with Gasteiger partial charge >= 0.3 is 6.09 Å². The van der Waals surface area contributed by atoms with Crippen LogP contribution in [-0.4, -0.2) is 52.0 Å². The van der Waals surface area contributed by atoms with E-state index in [1.54, 1.807) is 35.2 Å². The highest BCUT2D eigenvalue weighted by Gasteiger charge is 2.29. The minimum Gasteiger partial charge on any atom is -0.444 e. The van der Waals surface area contributed by atoms with Crippen LogP contribution in [-0.2, 0) is 14.8 Å². The van der Waals surface area contributed by atoms with Crippen LogP contribution in [0.1, 0.15) is 50.7 Å². The fourth-order valence-corrected chi connectivity index (χ4v) is 6.53. The van der Waals surface area contributed by atoms with Crippen molar-refractivity contribution in [2.45, 2.75) is 57.0 Å². The Hall–Kier alpha value is -3.43. The number of ether oxygens (including phenoxy) is 1. The number of carbonyl (C=O) groups excluding carboxylic acids is 1. The van der Waals surface area contributed by atoms with Gasteiger partial charge in [-0.1, -0.05) is 53.6 Å². The fourth-order valence-electron chi connectivity index (χ4n) is 4.87. The van der Waals surface area contributed by atoms with Crippen molar-refractivity contribution in [1.29, 1.82) is 0 Å². The van der Waals surface area contributed by atoms with E-state index in [1.165, 1.54) is 10.3 Å². The first kappa shape index (κ1) is 27.1. The van der Waals surface area contributed by atoms with Crippen LogP contribution in [0.2, 0.25) is 5.15 Å². The number of hydrogen-bond donors (Lipinski definition) is 0. The van der Waals surface area contributed by atoms with Crippen LogP contribution in [0.5, 0.6) is 0 Å². The molecule has 0 bridgehead atoms. The molecule has 0 N–H and O–H groups in total. The summed E-state index contributed by atoms with van der Waals surface area (Å²) in [5, 5.41) is 0.649. The largest absolute Gasteiger partial charge is 0.444 e. The number of aromatic nitrogens is 3. The molecule has 0 atom stereocenters. The molecule has 0 spiro atoms. The van der Waals surface area contributed by atoms with E-state index in [4.69, 9.17) is 16.3 Å². The van der Waals surface area contributed by atoms with Crippen molar-refractivity contribution in [1.82, 2.24) is 18.8 Å². The van der Waals surface area contributed by atoms with Gasteiger partial charge in [-0.3, -0.25) is 0 Å². The first-order valence-corrected chi connectivity index (χ1v) is 14.7. The maximum absolute atomic E-state index is 13.8. The third-order valence-electron chi connectivity index (χ3n) is 6.89. The molecule has 0 aliphatic carbocycles. The summed E-state index contributed by atoms with van der Waals surface area (Å²) in [4.78, 5) is 22.7. The van der Waals surface area contributed by atoms with E-state index in [1.807, 2.05) is 52.0 Å². The number of aryl methyl sites for hydroxylation is 1. The third-order valence-corrected chi connectivity index (χ3v) is 8.91. The zero-order valence-corrected chi connectivity index (χ0v) is 24.0. The lowest BCUT2D eigenvalue weighted by molar-refractivity contribution is 0.0205. The van der Waals surface area contributed by atoms with Gasteiger partial charge in [-0.2, -0.15) is 0 Å². The number of nitrogens with zero attached hydrogens (tertiary/aromatic N) is 4. The van der Waals surface area contributed by atoms with Crippen LogP contribution in [0.4, 0.5) is 4.79 Å². The van der Waals surface area contributed by atoms with Gasteiger partial charge in [0, 0.05) is 13.1 Å². The van der Waals surface area contributed by atoms with Crippen LogP contribution in [0.15, 0.2) is 65.8 Å². The number of carbonyl (C=O) groups is 1. The van der Waals surface area contributed by atoms with Gasteiger partial charge in [0.2, 0.25) is 0 Å². The Balaban J connectivity index is 1.45. The van der Waals surface area contributed by atoms with Gasteiger partial charge in [0.15, 0.2) is 5.65 Å². The molecule has 0 unspecified atom stereocenters. The predicted octanol–water partition coefficient (Wildman–Crippen LogP) is 6.41. The molecule has 39 heavy (non-hydrogen) atoms.